The Morgan fingerprint density at radius 2 is 2.00 bits per heavy atom. The molecule has 2 aromatic heterocycles. The quantitative estimate of drug-likeness (QED) is 0.769. The standard InChI is InChI=1S/C15H20N6O2S/c1-4-10(2)17-14(23)18-12(22)9-24-15-20-19-13(21(15)3)11-5-7-16-8-6-11/h5-8,10H,4,9H2,1-3H3,(H2,17,18,22,23)/t10-/m1/s1. The molecule has 0 radical (unpaired) electrons. The van der Waals surface area contributed by atoms with Crippen LogP contribution < -0.4 is 10.6 Å². The molecule has 0 aliphatic rings. The Hall–Kier alpha value is -2.42. The lowest BCUT2D eigenvalue weighted by molar-refractivity contribution is -0.117. The van der Waals surface area contributed by atoms with Crippen LogP contribution in [0.3, 0.4) is 0 Å². The number of aromatic nitrogens is 4. The molecule has 128 valence electrons. The van der Waals surface area contributed by atoms with Crippen LogP contribution in [0.15, 0.2) is 29.7 Å². The fourth-order valence-electron chi connectivity index (χ4n) is 1.85. The lowest BCUT2D eigenvalue weighted by atomic mass is 10.2. The van der Waals surface area contributed by atoms with Gasteiger partial charge in [0, 0.05) is 31.0 Å². The van der Waals surface area contributed by atoms with Gasteiger partial charge in [0.05, 0.1) is 5.75 Å². The van der Waals surface area contributed by atoms with Crippen molar-refractivity contribution in [1.29, 1.82) is 0 Å². The maximum absolute atomic E-state index is 11.8. The van der Waals surface area contributed by atoms with E-state index in [4.69, 9.17) is 0 Å². The van der Waals surface area contributed by atoms with Crippen LogP contribution in [0.4, 0.5) is 4.79 Å². The van der Waals surface area contributed by atoms with Crippen molar-refractivity contribution >= 4 is 23.7 Å². The lowest BCUT2D eigenvalue weighted by Gasteiger charge is -2.11. The average molecular weight is 348 g/mol. The first-order valence-corrected chi connectivity index (χ1v) is 8.52. The second kappa shape index (κ2) is 8.44. The molecule has 2 rings (SSSR count). The summed E-state index contributed by atoms with van der Waals surface area (Å²) in [5.41, 5.74) is 0.893. The predicted molar refractivity (Wildman–Crippen MR) is 91.4 cm³/mol. The molecule has 0 aromatic carbocycles. The van der Waals surface area contributed by atoms with Crippen LogP contribution in [-0.2, 0) is 11.8 Å². The molecule has 0 saturated heterocycles. The highest BCUT2D eigenvalue weighted by Gasteiger charge is 2.14. The normalized spacial score (nSPS) is 11.8. The highest BCUT2D eigenvalue weighted by molar-refractivity contribution is 7.99. The van der Waals surface area contributed by atoms with Crippen LogP contribution in [0.2, 0.25) is 0 Å². The van der Waals surface area contributed by atoms with Crippen LogP contribution in [-0.4, -0.2) is 43.5 Å². The number of pyridine rings is 1. The Kier molecular flexibility index (Phi) is 6.30. The Balaban J connectivity index is 1.90. The van der Waals surface area contributed by atoms with E-state index < -0.39 is 6.03 Å². The van der Waals surface area contributed by atoms with E-state index in [1.54, 1.807) is 17.0 Å². The first-order valence-electron chi connectivity index (χ1n) is 7.54. The van der Waals surface area contributed by atoms with Crippen LogP contribution in [0.5, 0.6) is 0 Å². The van der Waals surface area contributed by atoms with Crippen molar-refractivity contribution in [2.24, 2.45) is 7.05 Å². The molecule has 0 fully saturated rings. The highest BCUT2D eigenvalue weighted by Crippen LogP contribution is 2.21. The number of hydrogen-bond donors (Lipinski definition) is 2. The molecule has 9 heteroatoms. The van der Waals surface area contributed by atoms with Crippen molar-refractivity contribution < 1.29 is 9.59 Å². The SMILES string of the molecule is CC[C@@H](C)NC(=O)NC(=O)CSc1nnc(-c2ccncc2)n1C. The van der Waals surface area contributed by atoms with Gasteiger partial charge in [-0.05, 0) is 25.5 Å². The third kappa shape index (κ3) is 4.79. The second-order valence-electron chi connectivity index (χ2n) is 5.22. The second-order valence-corrected chi connectivity index (χ2v) is 6.16. The number of amides is 3. The lowest BCUT2D eigenvalue weighted by Crippen LogP contribution is -2.43. The zero-order valence-electron chi connectivity index (χ0n) is 13.8. The van der Waals surface area contributed by atoms with Crippen LogP contribution in [0.1, 0.15) is 20.3 Å². The smallest absolute Gasteiger partial charge is 0.321 e. The van der Waals surface area contributed by atoms with E-state index in [9.17, 15) is 9.59 Å². The van der Waals surface area contributed by atoms with Crippen LogP contribution >= 0.6 is 11.8 Å². The molecular formula is C15H20N6O2S. The van der Waals surface area contributed by atoms with E-state index >= 15 is 0 Å². The first-order chi connectivity index (χ1) is 11.5. The summed E-state index contributed by atoms with van der Waals surface area (Å²) in [5, 5.41) is 13.8. The molecular weight excluding hydrogens is 328 g/mol. The van der Waals surface area contributed by atoms with Crippen molar-refractivity contribution in [3.05, 3.63) is 24.5 Å². The van der Waals surface area contributed by atoms with Crippen molar-refractivity contribution in [3.8, 4) is 11.4 Å². The average Bonchev–Trinajstić information content (AvgIpc) is 2.94. The Bertz CT molecular complexity index is 703. The number of carbonyl (C=O) groups excluding carboxylic acids is 2. The molecule has 8 nitrogen and oxygen atoms in total. The first kappa shape index (κ1) is 17.9. The summed E-state index contributed by atoms with van der Waals surface area (Å²) in [7, 11) is 1.83. The minimum atomic E-state index is -0.481. The van der Waals surface area contributed by atoms with Crippen molar-refractivity contribution in [3.63, 3.8) is 0 Å². The minimum absolute atomic E-state index is 0.0205. The van der Waals surface area contributed by atoms with Gasteiger partial charge in [0.15, 0.2) is 11.0 Å². The minimum Gasteiger partial charge on any atom is -0.335 e. The van der Waals surface area contributed by atoms with Gasteiger partial charge in [-0.25, -0.2) is 4.79 Å². The monoisotopic (exact) mass is 348 g/mol. The molecule has 24 heavy (non-hydrogen) atoms. The van der Waals surface area contributed by atoms with E-state index in [-0.39, 0.29) is 17.7 Å². The molecule has 0 bridgehead atoms. The van der Waals surface area contributed by atoms with Crippen LogP contribution in [0, 0.1) is 0 Å². The molecule has 0 saturated carbocycles. The summed E-state index contributed by atoms with van der Waals surface area (Å²) >= 11 is 1.22. The highest BCUT2D eigenvalue weighted by atomic mass is 32.2. The third-order valence-electron chi connectivity index (χ3n) is 3.35. The van der Waals surface area contributed by atoms with E-state index in [0.29, 0.717) is 11.0 Å². The number of thioether (sulfide) groups is 1. The number of rotatable bonds is 6. The Morgan fingerprint density at radius 1 is 1.29 bits per heavy atom. The molecule has 2 heterocycles. The third-order valence-corrected chi connectivity index (χ3v) is 4.37. The van der Waals surface area contributed by atoms with Gasteiger partial charge < -0.3 is 9.88 Å². The van der Waals surface area contributed by atoms with Gasteiger partial charge >= 0.3 is 6.03 Å². The number of nitrogens with one attached hydrogen (secondary N) is 2. The number of urea groups is 1. The van der Waals surface area contributed by atoms with Gasteiger partial charge in [-0.2, -0.15) is 0 Å². The summed E-state index contributed by atoms with van der Waals surface area (Å²) < 4.78 is 1.80. The van der Waals surface area contributed by atoms with Gasteiger partial charge in [-0.3, -0.25) is 15.1 Å². The molecule has 2 aromatic rings. The van der Waals surface area contributed by atoms with Crippen molar-refractivity contribution in [1.82, 2.24) is 30.4 Å². The summed E-state index contributed by atoms with van der Waals surface area (Å²) in [6.07, 6.45) is 4.16. The topological polar surface area (TPSA) is 102 Å². The molecule has 1 atom stereocenters. The Labute approximate surface area is 144 Å². The van der Waals surface area contributed by atoms with Gasteiger partial charge in [0.2, 0.25) is 5.91 Å². The molecule has 0 unspecified atom stereocenters. The zero-order chi connectivity index (χ0) is 17.5. The van der Waals surface area contributed by atoms with Gasteiger partial charge in [0.25, 0.3) is 0 Å². The number of nitrogens with zero attached hydrogens (tertiary/aromatic N) is 4. The molecule has 0 aliphatic heterocycles. The fraction of sp³-hybridized carbons (Fsp3) is 0.400. The molecule has 2 N–H and O–H groups in total. The fourth-order valence-corrected chi connectivity index (χ4v) is 2.56. The maximum atomic E-state index is 11.8. The Morgan fingerprint density at radius 3 is 2.67 bits per heavy atom. The number of imide groups is 1. The largest absolute Gasteiger partial charge is 0.335 e. The van der Waals surface area contributed by atoms with E-state index in [1.165, 1.54) is 11.8 Å². The van der Waals surface area contributed by atoms with E-state index in [2.05, 4.69) is 25.8 Å². The molecule has 0 spiro atoms. The summed E-state index contributed by atoms with van der Waals surface area (Å²) in [6, 6.07) is 3.21. The summed E-state index contributed by atoms with van der Waals surface area (Å²) in [4.78, 5) is 27.4. The number of hydrogen-bond acceptors (Lipinski definition) is 6. The molecule has 0 aliphatic carbocycles. The van der Waals surface area contributed by atoms with Gasteiger partial charge in [-0.1, -0.05) is 18.7 Å². The molecule has 3 amide bonds. The van der Waals surface area contributed by atoms with E-state index in [0.717, 1.165) is 12.0 Å². The number of carbonyl (C=O) groups is 2. The predicted octanol–water partition coefficient (Wildman–Crippen LogP) is 1.59. The van der Waals surface area contributed by atoms with Gasteiger partial charge in [-0.15, -0.1) is 10.2 Å². The van der Waals surface area contributed by atoms with Gasteiger partial charge in [0.1, 0.15) is 0 Å². The maximum Gasteiger partial charge on any atom is 0.321 e. The van der Waals surface area contributed by atoms with Crippen molar-refractivity contribution in [2.45, 2.75) is 31.5 Å². The van der Waals surface area contributed by atoms with Crippen molar-refractivity contribution in [2.75, 3.05) is 5.75 Å². The van der Waals surface area contributed by atoms with Crippen LogP contribution in [0.25, 0.3) is 11.4 Å². The summed E-state index contributed by atoms with van der Waals surface area (Å²) in [6.45, 7) is 3.83. The summed E-state index contributed by atoms with van der Waals surface area (Å²) in [5.74, 6) is 0.389. The zero-order valence-corrected chi connectivity index (χ0v) is 14.6. The van der Waals surface area contributed by atoms with E-state index in [1.807, 2.05) is 33.0 Å².